The van der Waals surface area contributed by atoms with E-state index in [2.05, 4.69) is 26.0 Å². The Bertz CT molecular complexity index is 435. The highest BCUT2D eigenvalue weighted by atomic mass is 16.5. The Balaban J connectivity index is 1.94. The molecule has 3 rings (SSSR count). The van der Waals surface area contributed by atoms with Crippen molar-refractivity contribution in [2.75, 3.05) is 7.11 Å². The number of benzene rings is 1. The molecule has 1 saturated carbocycles. The summed E-state index contributed by atoms with van der Waals surface area (Å²) in [4.78, 5) is 0. The predicted octanol–water partition coefficient (Wildman–Crippen LogP) is 3.67. The molecule has 0 amide bonds. The van der Waals surface area contributed by atoms with Gasteiger partial charge in [0.1, 0.15) is 17.6 Å². The van der Waals surface area contributed by atoms with Crippen molar-refractivity contribution >= 4 is 0 Å². The smallest absolute Gasteiger partial charge is 0.123 e. The van der Waals surface area contributed by atoms with Crippen LogP contribution in [0.3, 0.4) is 0 Å². The fourth-order valence-corrected chi connectivity index (χ4v) is 2.86. The third kappa shape index (κ3) is 1.90. The molecule has 1 aliphatic heterocycles. The van der Waals surface area contributed by atoms with Crippen LogP contribution in [0.4, 0.5) is 0 Å². The number of fused-ring (bicyclic) bond motifs is 1. The van der Waals surface area contributed by atoms with Crippen LogP contribution in [0, 0.1) is 12.8 Å². The lowest BCUT2D eigenvalue weighted by atomic mass is 9.90. The summed E-state index contributed by atoms with van der Waals surface area (Å²) in [6.45, 7) is 4.26. The fraction of sp³-hybridized carbons (Fsp3) is 0.600. The van der Waals surface area contributed by atoms with Crippen LogP contribution in [0.1, 0.15) is 43.2 Å². The van der Waals surface area contributed by atoms with Crippen LogP contribution >= 0.6 is 0 Å². The summed E-state index contributed by atoms with van der Waals surface area (Å²) in [5.74, 6) is 3.56. The summed E-state index contributed by atoms with van der Waals surface area (Å²) in [7, 11) is 1.74. The predicted molar refractivity (Wildman–Crippen MR) is 67.9 cm³/mol. The van der Waals surface area contributed by atoms with Gasteiger partial charge in [0.05, 0.1) is 7.11 Å². The number of methoxy groups -OCH3 is 1. The summed E-state index contributed by atoms with van der Waals surface area (Å²) < 4.78 is 11.4. The Labute approximate surface area is 103 Å². The zero-order valence-electron chi connectivity index (χ0n) is 10.8. The van der Waals surface area contributed by atoms with E-state index in [0.717, 1.165) is 23.0 Å². The lowest BCUT2D eigenvalue weighted by Gasteiger charge is -2.14. The molecule has 0 saturated heterocycles. The maximum atomic E-state index is 5.97. The first kappa shape index (κ1) is 10.9. The second-order valence-corrected chi connectivity index (χ2v) is 5.47. The van der Waals surface area contributed by atoms with E-state index in [4.69, 9.17) is 9.47 Å². The van der Waals surface area contributed by atoms with Crippen molar-refractivity contribution in [1.82, 2.24) is 0 Å². The standard InChI is InChI=1S/C15H20O2/c1-9-6-15-13(8-14(9)16-3)12(10(2)17-15)7-11-4-5-11/h6,8,10-12H,4-5,7H2,1-3H3. The molecule has 0 bridgehead atoms. The second kappa shape index (κ2) is 3.94. The SMILES string of the molecule is COc1cc2c(cc1C)OC(C)C2CC1CC1. The highest BCUT2D eigenvalue weighted by Crippen LogP contribution is 2.48. The molecule has 1 aromatic rings. The maximum Gasteiger partial charge on any atom is 0.123 e. The molecular formula is C15H20O2. The third-order valence-corrected chi connectivity index (χ3v) is 4.09. The van der Waals surface area contributed by atoms with Gasteiger partial charge in [-0.1, -0.05) is 12.8 Å². The lowest BCUT2D eigenvalue weighted by Crippen LogP contribution is -2.14. The fourth-order valence-electron chi connectivity index (χ4n) is 2.86. The van der Waals surface area contributed by atoms with Crippen molar-refractivity contribution in [1.29, 1.82) is 0 Å². The number of ether oxygens (including phenoxy) is 2. The minimum atomic E-state index is 0.317. The van der Waals surface area contributed by atoms with E-state index in [1.54, 1.807) is 7.11 Å². The molecule has 2 nitrogen and oxygen atoms in total. The zero-order chi connectivity index (χ0) is 12.0. The second-order valence-electron chi connectivity index (χ2n) is 5.47. The van der Waals surface area contributed by atoms with Crippen molar-refractivity contribution < 1.29 is 9.47 Å². The van der Waals surface area contributed by atoms with Crippen molar-refractivity contribution in [2.45, 2.75) is 45.1 Å². The van der Waals surface area contributed by atoms with Gasteiger partial charge in [-0.3, -0.25) is 0 Å². The summed E-state index contributed by atoms with van der Waals surface area (Å²) in [5.41, 5.74) is 2.51. The van der Waals surface area contributed by atoms with E-state index in [0.29, 0.717) is 12.0 Å². The van der Waals surface area contributed by atoms with Gasteiger partial charge in [-0.25, -0.2) is 0 Å². The minimum absolute atomic E-state index is 0.317. The van der Waals surface area contributed by atoms with Gasteiger partial charge in [0.25, 0.3) is 0 Å². The maximum absolute atomic E-state index is 5.97. The normalized spacial score (nSPS) is 26.5. The van der Waals surface area contributed by atoms with Gasteiger partial charge in [0.15, 0.2) is 0 Å². The molecule has 2 heteroatoms. The summed E-state index contributed by atoms with van der Waals surface area (Å²) >= 11 is 0. The van der Waals surface area contributed by atoms with Gasteiger partial charge in [-0.2, -0.15) is 0 Å². The van der Waals surface area contributed by atoms with Crippen molar-refractivity contribution in [3.05, 3.63) is 23.3 Å². The average molecular weight is 232 g/mol. The first-order valence-electron chi connectivity index (χ1n) is 6.54. The van der Waals surface area contributed by atoms with E-state index in [-0.39, 0.29) is 0 Å². The van der Waals surface area contributed by atoms with Gasteiger partial charge < -0.3 is 9.47 Å². The van der Waals surface area contributed by atoms with Crippen molar-refractivity contribution in [3.8, 4) is 11.5 Å². The highest BCUT2D eigenvalue weighted by Gasteiger charge is 2.36. The molecule has 1 fully saturated rings. The van der Waals surface area contributed by atoms with Crippen molar-refractivity contribution in [3.63, 3.8) is 0 Å². The van der Waals surface area contributed by atoms with Crippen LogP contribution in [0.15, 0.2) is 12.1 Å². The van der Waals surface area contributed by atoms with Crippen LogP contribution < -0.4 is 9.47 Å². The molecule has 0 spiro atoms. The topological polar surface area (TPSA) is 18.5 Å². The van der Waals surface area contributed by atoms with E-state index < -0.39 is 0 Å². The van der Waals surface area contributed by atoms with E-state index >= 15 is 0 Å². The Morgan fingerprint density at radius 3 is 2.76 bits per heavy atom. The number of rotatable bonds is 3. The number of hydrogen-bond donors (Lipinski definition) is 0. The van der Waals surface area contributed by atoms with Crippen LogP contribution in [0.25, 0.3) is 0 Å². The molecule has 1 aromatic carbocycles. The quantitative estimate of drug-likeness (QED) is 0.791. The number of hydrogen-bond acceptors (Lipinski definition) is 2. The summed E-state index contributed by atoms with van der Waals surface area (Å²) in [5, 5.41) is 0. The summed E-state index contributed by atoms with van der Waals surface area (Å²) in [6.07, 6.45) is 4.40. The Morgan fingerprint density at radius 1 is 1.35 bits per heavy atom. The van der Waals surface area contributed by atoms with Gasteiger partial charge in [0, 0.05) is 11.5 Å². The van der Waals surface area contributed by atoms with E-state index in [1.165, 1.54) is 24.8 Å². The molecule has 92 valence electrons. The minimum Gasteiger partial charge on any atom is -0.496 e. The Hall–Kier alpha value is -1.18. The molecule has 2 atom stereocenters. The molecular weight excluding hydrogens is 212 g/mol. The molecule has 0 radical (unpaired) electrons. The van der Waals surface area contributed by atoms with E-state index in [9.17, 15) is 0 Å². The Kier molecular flexibility index (Phi) is 2.53. The van der Waals surface area contributed by atoms with Crippen molar-refractivity contribution in [2.24, 2.45) is 5.92 Å². The van der Waals surface area contributed by atoms with E-state index in [1.807, 2.05) is 0 Å². The zero-order valence-corrected chi connectivity index (χ0v) is 10.8. The molecule has 17 heavy (non-hydrogen) atoms. The molecule has 1 heterocycles. The molecule has 2 aliphatic rings. The molecule has 0 aromatic heterocycles. The Morgan fingerprint density at radius 2 is 2.12 bits per heavy atom. The largest absolute Gasteiger partial charge is 0.496 e. The first-order chi connectivity index (χ1) is 8.19. The monoisotopic (exact) mass is 232 g/mol. The van der Waals surface area contributed by atoms with Gasteiger partial charge in [-0.15, -0.1) is 0 Å². The first-order valence-corrected chi connectivity index (χ1v) is 6.54. The summed E-state index contributed by atoms with van der Waals surface area (Å²) in [6, 6.07) is 4.30. The van der Waals surface area contributed by atoms with Crippen LogP contribution in [-0.4, -0.2) is 13.2 Å². The van der Waals surface area contributed by atoms with Crippen LogP contribution in [0.5, 0.6) is 11.5 Å². The lowest BCUT2D eigenvalue weighted by molar-refractivity contribution is 0.218. The molecule has 0 N–H and O–H groups in total. The average Bonchev–Trinajstić information content (AvgIpc) is 3.05. The third-order valence-electron chi connectivity index (χ3n) is 4.09. The van der Waals surface area contributed by atoms with Crippen LogP contribution in [0.2, 0.25) is 0 Å². The van der Waals surface area contributed by atoms with Gasteiger partial charge in [-0.05, 0) is 43.9 Å². The number of aryl methyl sites for hydroxylation is 1. The van der Waals surface area contributed by atoms with Crippen LogP contribution in [-0.2, 0) is 0 Å². The van der Waals surface area contributed by atoms with Gasteiger partial charge >= 0.3 is 0 Å². The molecule has 2 unspecified atom stereocenters. The highest BCUT2D eigenvalue weighted by molar-refractivity contribution is 5.50. The molecule has 1 aliphatic carbocycles. The van der Waals surface area contributed by atoms with Gasteiger partial charge in [0.2, 0.25) is 0 Å².